The Hall–Kier alpha value is -2.41. The predicted molar refractivity (Wildman–Crippen MR) is 109 cm³/mol. The third-order valence-electron chi connectivity index (χ3n) is 4.46. The van der Waals surface area contributed by atoms with Crippen LogP contribution in [0.15, 0.2) is 25.2 Å². The maximum Gasteiger partial charge on any atom is 0.209 e. The van der Waals surface area contributed by atoms with Crippen molar-refractivity contribution in [2.75, 3.05) is 32.6 Å². The molecule has 1 aliphatic heterocycles. The van der Waals surface area contributed by atoms with Crippen molar-refractivity contribution < 1.29 is 9.53 Å². The van der Waals surface area contributed by atoms with Crippen molar-refractivity contribution in [1.29, 1.82) is 0 Å². The average Bonchev–Trinajstić information content (AvgIpc) is 3.42. The summed E-state index contributed by atoms with van der Waals surface area (Å²) in [5, 5.41) is 4.65. The number of aromatic amines is 1. The minimum absolute atomic E-state index is 0.268. The Kier molecular flexibility index (Phi) is 8.26. The van der Waals surface area contributed by atoms with E-state index in [1.54, 1.807) is 26.6 Å². The van der Waals surface area contributed by atoms with E-state index in [0.717, 1.165) is 49.2 Å². The van der Waals surface area contributed by atoms with E-state index in [4.69, 9.17) is 0 Å². The zero-order valence-electron chi connectivity index (χ0n) is 16.6. The van der Waals surface area contributed by atoms with Crippen LogP contribution in [-0.4, -0.2) is 59.6 Å². The molecule has 2 aliphatic rings. The van der Waals surface area contributed by atoms with Crippen LogP contribution in [0.1, 0.15) is 44.1 Å². The van der Waals surface area contributed by atoms with E-state index in [-0.39, 0.29) is 6.04 Å². The molecule has 0 spiro atoms. The van der Waals surface area contributed by atoms with Crippen molar-refractivity contribution in [2.45, 2.75) is 44.6 Å². The van der Waals surface area contributed by atoms with Gasteiger partial charge in [0.25, 0.3) is 0 Å². The molecule has 148 valence electrons. The Morgan fingerprint density at radius 2 is 2.04 bits per heavy atom. The van der Waals surface area contributed by atoms with Gasteiger partial charge in [0.2, 0.25) is 6.41 Å². The van der Waals surface area contributed by atoms with E-state index in [9.17, 15) is 4.79 Å². The standard InChI is InChI=1S/C15H19N5O.C3H6.C2H6O/c21-9-20-5-1-2-11(7-20)19-15-13-12(10-3-4-10)6-16-14(13)17-8-18-15;2*1-3-2/h6,8-11H,1-5,7H2,(H2,16,17,18,19);3H,1H2,2H3;1-2H3. The first-order chi connectivity index (χ1) is 13.2. The largest absolute Gasteiger partial charge is 0.388 e. The number of allylic oxidation sites excluding steroid dienone is 1. The molecular weight excluding hydrogens is 342 g/mol. The number of aromatic nitrogens is 3. The van der Waals surface area contributed by atoms with Gasteiger partial charge in [0.15, 0.2) is 0 Å². The number of rotatable bonds is 4. The Balaban J connectivity index is 0.000000389. The number of anilines is 1. The fourth-order valence-corrected chi connectivity index (χ4v) is 3.23. The van der Waals surface area contributed by atoms with Gasteiger partial charge in [-0.1, -0.05) is 6.08 Å². The van der Waals surface area contributed by atoms with Crippen LogP contribution in [0, 0.1) is 0 Å². The molecule has 0 radical (unpaired) electrons. The third kappa shape index (κ3) is 5.79. The lowest BCUT2D eigenvalue weighted by atomic mass is 10.1. The van der Waals surface area contributed by atoms with Crippen molar-refractivity contribution in [1.82, 2.24) is 19.9 Å². The molecular formula is C20H31N5O2. The number of carbonyl (C=O) groups excluding carboxylic acids is 1. The van der Waals surface area contributed by atoms with Gasteiger partial charge in [-0.25, -0.2) is 9.97 Å². The molecule has 2 N–H and O–H groups in total. The lowest BCUT2D eigenvalue weighted by Gasteiger charge is -2.30. The van der Waals surface area contributed by atoms with Gasteiger partial charge >= 0.3 is 0 Å². The van der Waals surface area contributed by atoms with E-state index in [1.165, 1.54) is 18.4 Å². The second-order valence-electron chi connectivity index (χ2n) is 6.86. The van der Waals surface area contributed by atoms with E-state index in [1.807, 2.05) is 11.8 Å². The quantitative estimate of drug-likeness (QED) is 0.634. The van der Waals surface area contributed by atoms with Crippen LogP contribution in [0.2, 0.25) is 0 Å². The number of methoxy groups -OCH3 is 1. The molecule has 2 fully saturated rings. The summed E-state index contributed by atoms with van der Waals surface area (Å²) in [6.45, 7) is 6.86. The summed E-state index contributed by atoms with van der Waals surface area (Å²) in [6, 6.07) is 0.268. The Bertz CT molecular complexity index is 726. The smallest absolute Gasteiger partial charge is 0.209 e. The number of amides is 1. The van der Waals surface area contributed by atoms with Crippen LogP contribution in [0.3, 0.4) is 0 Å². The van der Waals surface area contributed by atoms with Crippen molar-refractivity contribution in [2.24, 2.45) is 0 Å². The fourth-order valence-electron chi connectivity index (χ4n) is 3.23. The molecule has 1 unspecified atom stereocenters. The zero-order valence-corrected chi connectivity index (χ0v) is 16.6. The fraction of sp³-hybridized carbons (Fsp3) is 0.550. The minimum Gasteiger partial charge on any atom is -0.388 e. The number of carbonyl (C=O) groups is 1. The normalized spacial score (nSPS) is 18.6. The molecule has 27 heavy (non-hydrogen) atoms. The molecule has 2 aromatic heterocycles. The molecule has 7 heteroatoms. The van der Waals surface area contributed by atoms with Gasteiger partial charge in [-0.2, -0.15) is 0 Å². The molecule has 0 aromatic carbocycles. The summed E-state index contributed by atoms with van der Waals surface area (Å²) < 4.78 is 4.25. The van der Waals surface area contributed by atoms with Gasteiger partial charge < -0.3 is 19.9 Å². The number of hydrogen-bond donors (Lipinski definition) is 2. The van der Waals surface area contributed by atoms with Gasteiger partial charge in [-0.3, -0.25) is 4.79 Å². The van der Waals surface area contributed by atoms with Crippen LogP contribution in [0.5, 0.6) is 0 Å². The first-order valence-electron chi connectivity index (χ1n) is 9.43. The van der Waals surface area contributed by atoms with Gasteiger partial charge in [0, 0.05) is 39.5 Å². The number of nitrogens with zero attached hydrogens (tertiary/aromatic N) is 3. The highest BCUT2D eigenvalue weighted by molar-refractivity contribution is 5.91. The Morgan fingerprint density at radius 3 is 2.67 bits per heavy atom. The summed E-state index contributed by atoms with van der Waals surface area (Å²) in [5.41, 5.74) is 2.23. The summed E-state index contributed by atoms with van der Waals surface area (Å²) in [5.74, 6) is 1.56. The van der Waals surface area contributed by atoms with Crippen LogP contribution in [-0.2, 0) is 9.53 Å². The first kappa shape index (κ1) is 20.9. The number of ether oxygens (including phenoxy) is 1. The Labute approximate surface area is 161 Å². The van der Waals surface area contributed by atoms with E-state index in [2.05, 4.69) is 37.8 Å². The van der Waals surface area contributed by atoms with Gasteiger partial charge in [-0.15, -0.1) is 6.58 Å². The highest BCUT2D eigenvalue weighted by Crippen LogP contribution is 2.44. The number of nitrogens with one attached hydrogen (secondary N) is 2. The topological polar surface area (TPSA) is 83.1 Å². The van der Waals surface area contributed by atoms with Crippen LogP contribution >= 0.6 is 0 Å². The van der Waals surface area contributed by atoms with Crippen LogP contribution in [0.4, 0.5) is 5.82 Å². The van der Waals surface area contributed by atoms with Crippen molar-refractivity contribution >= 4 is 23.3 Å². The second kappa shape index (κ2) is 10.7. The van der Waals surface area contributed by atoms with Crippen LogP contribution in [0.25, 0.3) is 11.0 Å². The maximum absolute atomic E-state index is 10.9. The number of H-pyrrole nitrogens is 1. The molecule has 1 saturated carbocycles. The van der Waals surface area contributed by atoms with E-state index < -0.39 is 0 Å². The minimum atomic E-state index is 0.268. The summed E-state index contributed by atoms with van der Waals surface area (Å²) in [6.07, 6.45) is 11.0. The average molecular weight is 374 g/mol. The maximum atomic E-state index is 10.9. The zero-order chi connectivity index (χ0) is 19.6. The van der Waals surface area contributed by atoms with Crippen molar-refractivity contribution in [3.63, 3.8) is 0 Å². The van der Waals surface area contributed by atoms with Gasteiger partial charge in [0.1, 0.15) is 17.8 Å². The molecule has 7 nitrogen and oxygen atoms in total. The third-order valence-corrected chi connectivity index (χ3v) is 4.46. The number of likely N-dealkylation sites (tertiary alicyclic amines) is 1. The molecule has 1 amide bonds. The monoisotopic (exact) mass is 373 g/mol. The van der Waals surface area contributed by atoms with Crippen molar-refractivity contribution in [3.8, 4) is 0 Å². The number of hydrogen-bond acceptors (Lipinski definition) is 5. The predicted octanol–water partition coefficient (Wildman–Crippen LogP) is 3.32. The molecule has 1 saturated heterocycles. The highest BCUT2D eigenvalue weighted by atomic mass is 16.4. The van der Waals surface area contributed by atoms with E-state index >= 15 is 0 Å². The summed E-state index contributed by atoms with van der Waals surface area (Å²) in [7, 11) is 3.25. The lowest BCUT2D eigenvalue weighted by Crippen LogP contribution is -2.41. The molecule has 2 aromatic rings. The molecule has 1 aliphatic carbocycles. The number of piperidine rings is 1. The van der Waals surface area contributed by atoms with Gasteiger partial charge in [-0.05, 0) is 44.1 Å². The Morgan fingerprint density at radius 1 is 1.33 bits per heavy atom. The SMILES string of the molecule is C=CC.COC.O=CN1CCCC(Nc2ncnc3[nH]cc(C4CC4)c23)C1. The van der Waals surface area contributed by atoms with Crippen molar-refractivity contribution in [3.05, 3.63) is 30.7 Å². The molecule has 3 heterocycles. The molecule has 1 atom stereocenters. The first-order valence-corrected chi connectivity index (χ1v) is 9.43. The van der Waals surface area contributed by atoms with Crippen LogP contribution < -0.4 is 5.32 Å². The molecule has 4 rings (SSSR count). The molecule has 0 bridgehead atoms. The lowest BCUT2D eigenvalue weighted by molar-refractivity contribution is -0.119. The summed E-state index contributed by atoms with van der Waals surface area (Å²) >= 11 is 0. The second-order valence-corrected chi connectivity index (χ2v) is 6.86. The van der Waals surface area contributed by atoms with Gasteiger partial charge in [0.05, 0.1) is 5.39 Å². The highest BCUT2D eigenvalue weighted by Gasteiger charge is 2.28. The summed E-state index contributed by atoms with van der Waals surface area (Å²) in [4.78, 5) is 24.8. The van der Waals surface area contributed by atoms with E-state index in [0.29, 0.717) is 5.92 Å². The number of fused-ring (bicyclic) bond motifs is 1.